The number of benzene rings is 2. The van der Waals surface area contributed by atoms with Crippen LogP contribution in [-0.2, 0) is 16.0 Å². The molecule has 0 atom stereocenters. The molecule has 0 unspecified atom stereocenters. The molecule has 30 heavy (non-hydrogen) atoms. The zero-order valence-corrected chi connectivity index (χ0v) is 16.7. The zero-order valence-electron chi connectivity index (χ0n) is 16.7. The number of carbonyl (C=O) groups is 3. The highest BCUT2D eigenvalue weighted by Gasteiger charge is 2.15. The Morgan fingerprint density at radius 1 is 0.967 bits per heavy atom. The van der Waals surface area contributed by atoms with Crippen LogP contribution in [0.25, 0.3) is 0 Å². The number of carbonyl (C=O) groups excluding carboxylic acids is 3. The molecule has 2 N–H and O–H groups in total. The van der Waals surface area contributed by atoms with Gasteiger partial charge in [0.15, 0.2) is 12.4 Å². The minimum atomic E-state index is -0.664. The molecule has 0 saturated heterocycles. The normalized spacial score (nSPS) is 10.3. The van der Waals surface area contributed by atoms with E-state index < -0.39 is 24.4 Å². The summed E-state index contributed by atoms with van der Waals surface area (Å²) in [5.41, 5.74) is 3.12. The molecule has 2 aromatic carbocycles. The second-order valence-corrected chi connectivity index (χ2v) is 6.60. The Bertz CT molecular complexity index is 1060. The number of anilines is 2. The fourth-order valence-electron chi connectivity index (χ4n) is 2.83. The van der Waals surface area contributed by atoms with Gasteiger partial charge in [-0.3, -0.25) is 9.59 Å². The number of para-hydroxylation sites is 1. The largest absolute Gasteiger partial charge is 0.459 e. The van der Waals surface area contributed by atoms with Gasteiger partial charge in [-0.25, -0.2) is 4.79 Å². The number of esters is 1. The van der Waals surface area contributed by atoms with Crippen LogP contribution in [0, 0.1) is 6.92 Å². The zero-order chi connectivity index (χ0) is 21.5. The fourth-order valence-corrected chi connectivity index (χ4v) is 2.83. The molecule has 0 aliphatic heterocycles. The van der Waals surface area contributed by atoms with E-state index in [1.807, 2.05) is 25.1 Å². The van der Waals surface area contributed by atoms with Crippen molar-refractivity contribution in [3.63, 3.8) is 0 Å². The molecule has 1 heterocycles. The molecule has 1 aromatic heterocycles. The Balaban J connectivity index is 1.61. The van der Waals surface area contributed by atoms with Gasteiger partial charge in [0, 0.05) is 11.4 Å². The van der Waals surface area contributed by atoms with Crippen molar-refractivity contribution < 1.29 is 23.5 Å². The van der Waals surface area contributed by atoms with Crippen LogP contribution in [-0.4, -0.2) is 24.4 Å². The lowest BCUT2D eigenvalue weighted by Crippen LogP contribution is -2.21. The van der Waals surface area contributed by atoms with E-state index in [-0.39, 0.29) is 11.3 Å². The van der Waals surface area contributed by atoms with Crippen molar-refractivity contribution in [2.24, 2.45) is 0 Å². The lowest BCUT2D eigenvalue weighted by Gasteiger charge is -2.11. The van der Waals surface area contributed by atoms with Crippen molar-refractivity contribution in [3.8, 4) is 0 Å². The summed E-state index contributed by atoms with van der Waals surface area (Å²) in [6.07, 6.45) is 2.17. The number of ether oxygens (including phenoxy) is 1. The van der Waals surface area contributed by atoms with Crippen molar-refractivity contribution in [2.75, 3.05) is 17.2 Å². The van der Waals surface area contributed by atoms with E-state index in [4.69, 9.17) is 9.15 Å². The van der Waals surface area contributed by atoms with Gasteiger partial charge in [-0.15, -0.1) is 0 Å². The van der Waals surface area contributed by atoms with E-state index in [1.165, 1.54) is 18.4 Å². The highest BCUT2D eigenvalue weighted by atomic mass is 16.5. The number of hydrogen-bond donors (Lipinski definition) is 2. The SMILES string of the molecule is CCc1ccccc1NC(=O)COC(=O)c1ccc(C)c(NC(=O)c2ccco2)c1. The minimum Gasteiger partial charge on any atom is -0.459 e. The Morgan fingerprint density at radius 2 is 1.77 bits per heavy atom. The van der Waals surface area contributed by atoms with Gasteiger partial charge in [0.25, 0.3) is 11.8 Å². The molecule has 0 bridgehead atoms. The summed E-state index contributed by atoms with van der Waals surface area (Å²) in [5.74, 6) is -1.36. The van der Waals surface area contributed by atoms with Crippen LogP contribution >= 0.6 is 0 Å². The first-order chi connectivity index (χ1) is 14.5. The van der Waals surface area contributed by atoms with Crippen molar-refractivity contribution in [1.29, 1.82) is 0 Å². The summed E-state index contributed by atoms with van der Waals surface area (Å²) in [7, 11) is 0. The summed E-state index contributed by atoms with van der Waals surface area (Å²) in [5, 5.41) is 5.45. The Labute approximate surface area is 174 Å². The second kappa shape index (κ2) is 9.56. The van der Waals surface area contributed by atoms with E-state index in [2.05, 4.69) is 10.6 Å². The maximum absolute atomic E-state index is 12.4. The Hall–Kier alpha value is -3.87. The number of amides is 2. The van der Waals surface area contributed by atoms with Crippen molar-refractivity contribution in [3.05, 3.63) is 83.3 Å². The van der Waals surface area contributed by atoms with E-state index >= 15 is 0 Å². The molecule has 0 aliphatic rings. The van der Waals surface area contributed by atoms with Crippen LogP contribution < -0.4 is 10.6 Å². The quantitative estimate of drug-likeness (QED) is 0.573. The summed E-state index contributed by atoms with van der Waals surface area (Å²) in [6.45, 7) is 3.37. The van der Waals surface area contributed by atoms with Gasteiger partial charge in [-0.2, -0.15) is 0 Å². The van der Waals surface area contributed by atoms with Crippen LogP contribution in [0.2, 0.25) is 0 Å². The predicted molar refractivity (Wildman–Crippen MR) is 113 cm³/mol. The summed E-state index contributed by atoms with van der Waals surface area (Å²) in [4.78, 5) is 36.7. The molecular formula is C23H22N2O5. The maximum Gasteiger partial charge on any atom is 0.338 e. The topological polar surface area (TPSA) is 97.6 Å². The Kier molecular flexibility index (Phi) is 6.64. The van der Waals surface area contributed by atoms with E-state index in [9.17, 15) is 14.4 Å². The van der Waals surface area contributed by atoms with Gasteiger partial charge in [-0.1, -0.05) is 31.2 Å². The molecule has 3 aromatic rings. The van der Waals surface area contributed by atoms with E-state index in [1.54, 1.807) is 31.2 Å². The van der Waals surface area contributed by atoms with Gasteiger partial charge < -0.3 is 19.8 Å². The molecule has 0 spiro atoms. The number of furan rings is 1. The average molecular weight is 406 g/mol. The molecule has 154 valence electrons. The smallest absolute Gasteiger partial charge is 0.338 e. The summed E-state index contributed by atoms with van der Waals surface area (Å²) in [6, 6.07) is 15.4. The number of aryl methyl sites for hydroxylation is 2. The molecule has 0 radical (unpaired) electrons. The molecule has 0 fully saturated rings. The molecule has 0 aliphatic carbocycles. The third-order valence-corrected chi connectivity index (χ3v) is 4.47. The highest BCUT2D eigenvalue weighted by molar-refractivity contribution is 6.03. The molecule has 7 nitrogen and oxygen atoms in total. The first-order valence-electron chi connectivity index (χ1n) is 9.48. The average Bonchev–Trinajstić information content (AvgIpc) is 3.29. The molecule has 7 heteroatoms. The number of hydrogen-bond acceptors (Lipinski definition) is 5. The van der Waals surface area contributed by atoms with Crippen LogP contribution in [0.1, 0.15) is 39.0 Å². The first kappa shape index (κ1) is 20.9. The monoisotopic (exact) mass is 406 g/mol. The standard InChI is InChI=1S/C23H22N2O5/c1-3-16-7-4-5-8-18(16)24-21(26)14-30-23(28)17-11-10-15(2)19(13-17)25-22(27)20-9-6-12-29-20/h4-13H,3,14H2,1-2H3,(H,24,26)(H,25,27). The maximum atomic E-state index is 12.4. The minimum absolute atomic E-state index is 0.159. The third-order valence-electron chi connectivity index (χ3n) is 4.47. The van der Waals surface area contributed by atoms with Crippen molar-refractivity contribution in [1.82, 2.24) is 0 Å². The van der Waals surface area contributed by atoms with E-state index in [0.717, 1.165) is 17.5 Å². The van der Waals surface area contributed by atoms with Gasteiger partial charge in [0.1, 0.15) is 0 Å². The van der Waals surface area contributed by atoms with Crippen molar-refractivity contribution in [2.45, 2.75) is 20.3 Å². The summed E-state index contributed by atoms with van der Waals surface area (Å²) >= 11 is 0. The fraction of sp³-hybridized carbons (Fsp3) is 0.174. The van der Waals surface area contributed by atoms with Gasteiger partial charge in [0.05, 0.1) is 11.8 Å². The van der Waals surface area contributed by atoms with Gasteiger partial charge in [0.2, 0.25) is 0 Å². The molecular weight excluding hydrogens is 384 g/mol. The lowest BCUT2D eigenvalue weighted by atomic mass is 10.1. The van der Waals surface area contributed by atoms with Crippen LogP contribution in [0.5, 0.6) is 0 Å². The predicted octanol–water partition coefficient (Wildman–Crippen LogP) is 4.20. The van der Waals surface area contributed by atoms with Crippen LogP contribution in [0.3, 0.4) is 0 Å². The van der Waals surface area contributed by atoms with Crippen LogP contribution in [0.4, 0.5) is 11.4 Å². The number of rotatable bonds is 7. The first-order valence-corrected chi connectivity index (χ1v) is 9.48. The van der Waals surface area contributed by atoms with E-state index in [0.29, 0.717) is 11.4 Å². The van der Waals surface area contributed by atoms with Gasteiger partial charge in [-0.05, 0) is 54.8 Å². The van der Waals surface area contributed by atoms with Crippen LogP contribution in [0.15, 0.2) is 65.3 Å². The Morgan fingerprint density at radius 3 is 2.50 bits per heavy atom. The summed E-state index contributed by atoms with van der Waals surface area (Å²) < 4.78 is 10.2. The van der Waals surface area contributed by atoms with Crippen molar-refractivity contribution >= 4 is 29.2 Å². The second-order valence-electron chi connectivity index (χ2n) is 6.60. The number of nitrogens with one attached hydrogen (secondary N) is 2. The van der Waals surface area contributed by atoms with Gasteiger partial charge >= 0.3 is 5.97 Å². The lowest BCUT2D eigenvalue weighted by molar-refractivity contribution is -0.119. The highest BCUT2D eigenvalue weighted by Crippen LogP contribution is 2.19. The molecule has 0 saturated carbocycles. The molecule has 3 rings (SSSR count). The third kappa shape index (κ3) is 5.14. The molecule has 2 amide bonds.